The lowest BCUT2D eigenvalue weighted by molar-refractivity contribution is 1.07. The molecule has 5 heteroatoms. The van der Waals surface area contributed by atoms with E-state index in [1.54, 1.807) is 6.20 Å². The van der Waals surface area contributed by atoms with Crippen molar-refractivity contribution >= 4 is 32.4 Å². The Morgan fingerprint density at radius 3 is 1.88 bits per heavy atom. The Balaban J connectivity index is 1.27. The summed E-state index contributed by atoms with van der Waals surface area (Å²) >= 11 is 0. The van der Waals surface area contributed by atoms with Gasteiger partial charge in [0.1, 0.15) is 0 Å². The zero-order valence-electron chi connectivity index (χ0n) is 22.5. The van der Waals surface area contributed by atoms with Gasteiger partial charge in [0.15, 0.2) is 17.5 Å². The molecule has 42 heavy (non-hydrogen) atoms. The van der Waals surface area contributed by atoms with E-state index in [0.717, 1.165) is 43.9 Å². The fraction of sp³-hybridized carbons (Fsp3) is 0. The van der Waals surface area contributed by atoms with E-state index < -0.39 is 0 Å². The Hall–Kier alpha value is -5.81. The monoisotopic (exact) mass is 537 g/mol. The van der Waals surface area contributed by atoms with E-state index in [4.69, 9.17) is 15.0 Å². The second kappa shape index (κ2) is 9.98. The number of rotatable bonds is 4. The number of hydrogen-bond donors (Lipinski definition) is 0. The molecule has 196 valence electrons. The summed E-state index contributed by atoms with van der Waals surface area (Å²) in [7, 11) is 0. The third-order valence-corrected chi connectivity index (χ3v) is 7.64. The van der Waals surface area contributed by atoms with Crippen molar-refractivity contribution < 1.29 is 0 Å². The van der Waals surface area contributed by atoms with Gasteiger partial charge in [-0.2, -0.15) is 0 Å². The summed E-state index contributed by atoms with van der Waals surface area (Å²) in [4.78, 5) is 23.7. The lowest BCUT2D eigenvalue weighted by Gasteiger charge is -2.11. The normalized spacial score (nSPS) is 11.3. The molecule has 8 rings (SSSR count). The second-order valence-corrected chi connectivity index (χ2v) is 10.3. The first-order chi connectivity index (χ1) is 20.8. The van der Waals surface area contributed by atoms with Crippen molar-refractivity contribution in [2.75, 3.05) is 0 Å². The summed E-state index contributed by atoms with van der Waals surface area (Å²) < 4.78 is 0. The van der Waals surface area contributed by atoms with Gasteiger partial charge in [-0.25, -0.2) is 15.0 Å². The van der Waals surface area contributed by atoms with Gasteiger partial charge in [-0.1, -0.05) is 84.9 Å². The van der Waals surface area contributed by atoms with Gasteiger partial charge in [-0.05, 0) is 63.7 Å². The zero-order valence-corrected chi connectivity index (χ0v) is 22.5. The molecule has 0 aliphatic heterocycles. The van der Waals surface area contributed by atoms with Crippen LogP contribution in [-0.4, -0.2) is 24.9 Å². The molecule has 0 fully saturated rings. The molecule has 0 N–H and O–H groups in total. The van der Waals surface area contributed by atoms with E-state index in [2.05, 4.69) is 107 Å². The van der Waals surface area contributed by atoms with Gasteiger partial charge >= 0.3 is 0 Å². The van der Waals surface area contributed by atoms with E-state index in [9.17, 15) is 0 Å². The molecule has 0 spiro atoms. The van der Waals surface area contributed by atoms with Gasteiger partial charge in [-0.3, -0.25) is 9.97 Å². The Bertz CT molecular complexity index is 2150. The van der Waals surface area contributed by atoms with Gasteiger partial charge in [0, 0.05) is 46.1 Å². The predicted molar refractivity (Wildman–Crippen MR) is 170 cm³/mol. The first kappa shape index (κ1) is 24.0. The minimum atomic E-state index is 0.625. The van der Waals surface area contributed by atoms with E-state index in [0.29, 0.717) is 17.5 Å². The molecule has 8 aromatic rings. The second-order valence-electron chi connectivity index (χ2n) is 10.3. The van der Waals surface area contributed by atoms with Crippen molar-refractivity contribution in [2.45, 2.75) is 0 Å². The van der Waals surface area contributed by atoms with Crippen LogP contribution in [0.2, 0.25) is 0 Å². The number of fused-ring (bicyclic) bond motifs is 3. The van der Waals surface area contributed by atoms with Crippen LogP contribution >= 0.6 is 0 Å². The van der Waals surface area contributed by atoms with Crippen molar-refractivity contribution in [1.29, 1.82) is 0 Å². The Kier molecular flexibility index (Phi) is 5.71. The Morgan fingerprint density at radius 2 is 1.05 bits per heavy atom. The molecular weight excluding hydrogens is 514 g/mol. The maximum absolute atomic E-state index is 4.98. The van der Waals surface area contributed by atoms with Gasteiger partial charge in [-0.15, -0.1) is 0 Å². The van der Waals surface area contributed by atoms with Crippen LogP contribution in [-0.2, 0) is 0 Å². The molecule has 0 saturated heterocycles. The average Bonchev–Trinajstić information content (AvgIpc) is 3.07. The van der Waals surface area contributed by atoms with E-state index in [1.165, 1.54) is 16.3 Å². The zero-order chi connectivity index (χ0) is 27.9. The van der Waals surface area contributed by atoms with E-state index >= 15 is 0 Å². The molecule has 0 aliphatic rings. The SMILES string of the molecule is c1ccc2cc(-c3nc(-c4ccc(-c5cccc6cnccc56)cc4)nc(-c4ccc5ncccc5c4)n3)ccc2c1. The van der Waals surface area contributed by atoms with Crippen LogP contribution in [0.3, 0.4) is 0 Å². The summed E-state index contributed by atoms with van der Waals surface area (Å²) in [5.74, 6) is 1.89. The first-order valence-corrected chi connectivity index (χ1v) is 13.8. The quantitative estimate of drug-likeness (QED) is 0.224. The van der Waals surface area contributed by atoms with E-state index in [1.807, 2.05) is 36.7 Å². The van der Waals surface area contributed by atoms with Crippen LogP contribution in [0, 0.1) is 0 Å². The maximum atomic E-state index is 4.98. The topological polar surface area (TPSA) is 64.5 Å². The molecule has 0 saturated carbocycles. The van der Waals surface area contributed by atoms with Crippen molar-refractivity contribution in [3.63, 3.8) is 0 Å². The molecule has 0 atom stereocenters. The van der Waals surface area contributed by atoms with Crippen LogP contribution in [0.25, 0.3) is 77.7 Å². The molecule has 0 bridgehead atoms. The number of pyridine rings is 2. The Labute approximate surface area is 242 Å². The summed E-state index contributed by atoms with van der Waals surface area (Å²) in [5.41, 5.74) is 6.02. The van der Waals surface area contributed by atoms with Crippen molar-refractivity contribution in [2.24, 2.45) is 0 Å². The lowest BCUT2D eigenvalue weighted by atomic mass is 9.98. The highest BCUT2D eigenvalue weighted by Gasteiger charge is 2.14. The van der Waals surface area contributed by atoms with Crippen LogP contribution < -0.4 is 0 Å². The Morgan fingerprint density at radius 1 is 0.405 bits per heavy atom. The van der Waals surface area contributed by atoms with Gasteiger partial charge < -0.3 is 0 Å². The molecule has 3 aromatic heterocycles. The van der Waals surface area contributed by atoms with Crippen molar-refractivity contribution in [3.05, 3.63) is 140 Å². The summed E-state index contributed by atoms with van der Waals surface area (Å²) in [6.07, 6.45) is 5.54. The minimum absolute atomic E-state index is 0.625. The predicted octanol–water partition coefficient (Wildman–Crippen LogP) is 8.79. The smallest absolute Gasteiger partial charge is 0.164 e. The summed E-state index contributed by atoms with van der Waals surface area (Å²) in [5, 5.41) is 5.65. The number of benzene rings is 5. The molecule has 0 amide bonds. The highest BCUT2D eigenvalue weighted by atomic mass is 15.0. The molecular formula is C37H23N5. The van der Waals surface area contributed by atoms with Gasteiger partial charge in [0.05, 0.1) is 5.52 Å². The van der Waals surface area contributed by atoms with Crippen molar-refractivity contribution in [3.8, 4) is 45.3 Å². The molecule has 0 aliphatic carbocycles. The maximum Gasteiger partial charge on any atom is 0.164 e. The third-order valence-electron chi connectivity index (χ3n) is 7.64. The number of nitrogens with zero attached hydrogens (tertiary/aromatic N) is 5. The van der Waals surface area contributed by atoms with Crippen LogP contribution in [0.1, 0.15) is 0 Å². The highest BCUT2D eigenvalue weighted by Crippen LogP contribution is 2.31. The minimum Gasteiger partial charge on any atom is -0.264 e. The van der Waals surface area contributed by atoms with Crippen LogP contribution in [0.15, 0.2) is 140 Å². The fourth-order valence-corrected chi connectivity index (χ4v) is 5.48. The molecule has 5 nitrogen and oxygen atoms in total. The standard InChI is InChI=1S/C37H23N5/c1-2-6-27-21-29(15-10-24(27)5-1)36-40-35(41-37(42-36)30-16-17-34-28(22-30)8-4-19-39-34)26-13-11-25(12-14-26)32-9-3-7-31-23-38-20-18-33(31)32/h1-23H. The number of hydrogen-bond acceptors (Lipinski definition) is 5. The summed E-state index contributed by atoms with van der Waals surface area (Å²) in [6, 6.07) is 41.6. The van der Waals surface area contributed by atoms with Crippen LogP contribution in [0.5, 0.6) is 0 Å². The average molecular weight is 538 g/mol. The summed E-state index contributed by atoms with van der Waals surface area (Å²) in [6.45, 7) is 0. The number of aromatic nitrogens is 5. The molecule has 0 radical (unpaired) electrons. The van der Waals surface area contributed by atoms with Gasteiger partial charge in [0.25, 0.3) is 0 Å². The molecule has 5 aromatic carbocycles. The highest BCUT2D eigenvalue weighted by molar-refractivity contribution is 5.96. The first-order valence-electron chi connectivity index (χ1n) is 13.8. The molecule has 0 unspecified atom stereocenters. The fourth-order valence-electron chi connectivity index (χ4n) is 5.48. The van der Waals surface area contributed by atoms with Gasteiger partial charge in [0.2, 0.25) is 0 Å². The van der Waals surface area contributed by atoms with Crippen molar-refractivity contribution in [1.82, 2.24) is 24.9 Å². The largest absolute Gasteiger partial charge is 0.264 e. The molecule has 3 heterocycles. The lowest BCUT2D eigenvalue weighted by Crippen LogP contribution is -2.00. The third kappa shape index (κ3) is 4.34. The van der Waals surface area contributed by atoms with E-state index in [-0.39, 0.29) is 0 Å². The van der Waals surface area contributed by atoms with Crippen LogP contribution in [0.4, 0.5) is 0 Å².